The lowest BCUT2D eigenvalue weighted by Gasteiger charge is -2.22. The lowest BCUT2D eigenvalue weighted by atomic mass is 9.83. The van der Waals surface area contributed by atoms with Crippen molar-refractivity contribution in [2.24, 2.45) is 0 Å². The number of aliphatic hydroxyl groups excluding tert-OH is 1. The molecule has 1 saturated carbocycles. The minimum Gasteiger partial charge on any atom is -0.479 e. The van der Waals surface area contributed by atoms with E-state index in [1.807, 2.05) is 66.7 Å². The summed E-state index contributed by atoms with van der Waals surface area (Å²) in [6.45, 7) is -0.451. The van der Waals surface area contributed by atoms with Gasteiger partial charge in [0.1, 0.15) is 0 Å². The molecule has 0 unspecified atom stereocenters. The highest BCUT2D eigenvalue weighted by molar-refractivity contribution is 6.32. The third kappa shape index (κ3) is 7.88. The Hall–Kier alpha value is -5.14. The molecule has 3 N–H and O–H groups in total. The molecule has 45 heavy (non-hydrogen) atoms. The van der Waals surface area contributed by atoms with Crippen LogP contribution in [0.25, 0.3) is 16.7 Å². The maximum absolute atomic E-state index is 13.9. The molecular formula is C38H35NO6. The number of carboxylic acid groups (broad SMARTS) is 1. The molecule has 228 valence electrons. The van der Waals surface area contributed by atoms with E-state index in [2.05, 4.69) is 5.32 Å². The zero-order valence-corrected chi connectivity index (χ0v) is 24.8. The SMILES string of the molecule is O=C(/C=C(\C(=O)c1ccc(C(=O)NC[C@@H](O)C(=O)O)cc1)c1ccc(C2CCCCC2)cc1)c1ccc(-c2ccccc2)cc1. The van der Waals surface area contributed by atoms with Gasteiger partial charge >= 0.3 is 5.97 Å². The zero-order valence-electron chi connectivity index (χ0n) is 24.8. The van der Waals surface area contributed by atoms with E-state index < -0.39 is 24.5 Å². The van der Waals surface area contributed by atoms with E-state index in [0.717, 1.165) is 24.0 Å². The molecule has 1 fully saturated rings. The van der Waals surface area contributed by atoms with Crippen molar-refractivity contribution in [1.29, 1.82) is 0 Å². The second kappa shape index (κ2) is 14.6. The number of ketones is 2. The van der Waals surface area contributed by atoms with Crippen LogP contribution in [0, 0.1) is 0 Å². The molecule has 0 heterocycles. The van der Waals surface area contributed by atoms with Crippen molar-refractivity contribution in [3.8, 4) is 11.1 Å². The Morgan fingerprint density at radius 3 is 1.87 bits per heavy atom. The molecule has 1 aliphatic carbocycles. The summed E-state index contributed by atoms with van der Waals surface area (Å²) >= 11 is 0. The maximum Gasteiger partial charge on any atom is 0.334 e. The van der Waals surface area contributed by atoms with Gasteiger partial charge in [0.05, 0.1) is 6.54 Å². The molecule has 0 spiro atoms. The summed E-state index contributed by atoms with van der Waals surface area (Å²) in [6.07, 6.45) is 5.63. The first-order valence-corrected chi connectivity index (χ1v) is 15.2. The Kier molecular flexibility index (Phi) is 10.1. The molecule has 0 aliphatic heterocycles. The standard InChI is InChI=1S/C38H35NO6/c40-34(30-17-13-28(14-18-30)26-9-5-2-6-10-26)23-33(29-15-11-27(12-16-29)25-7-3-1-4-8-25)36(42)31-19-21-32(22-20-31)37(43)39-24-35(41)38(44)45/h2,5-6,9-23,25,35,41H,1,3-4,7-8,24H2,(H,39,43)(H,44,45)/b33-23-/t35-/m1/s1. The molecule has 1 aliphatic rings. The Morgan fingerprint density at radius 2 is 1.24 bits per heavy atom. The predicted molar refractivity (Wildman–Crippen MR) is 173 cm³/mol. The van der Waals surface area contributed by atoms with Gasteiger partial charge in [-0.05, 0) is 59.2 Å². The van der Waals surface area contributed by atoms with E-state index in [4.69, 9.17) is 5.11 Å². The van der Waals surface area contributed by atoms with Crippen LogP contribution in [0.1, 0.15) is 80.2 Å². The number of carbonyl (C=O) groups excluding carboxylic acids is 3. The van der Waals surface area contributed by atoms with Gasteiger partial charge in [-0.2, -0.15) is 0 Å². The van der Waals surface area contributed by atoms with Gasteiger partial charge in [-0.25, -0.2) is 4.79 Å². The van der Waals surface area contributed by atoms with Crippen molar-refractivity contribution in [2.75, 3.05) is 6.54 Å². The normalized spacial score (nSPS) is 14.4. The number of Topliss-reactive ketones (excluding diaryl/α,β-unsaturated/α-hetero) is 1. The summed E-state index contributed by atoms with van der Waals surface area (Å²) < 4.78 is 0. The van der Waals surface area contributed by atoms with Crippen molar-refractivity contribution in [3.05, 3.63) is 137 Å². The van der Waals surface area contributed by atoms with E-state index in [9.17, 15) is 24.3 Å². The van der Waals surface area contributed by atoms with Crippen LogP contribution in [0.3, 0.4) is 0 Å². The van der Waals surface area contributed by atoms with Gasteiger partial charge < -0.3 is 15.5 Å². The third-order valence-electron chi connectivity index (χ3n) is 8.25. The number of aliphatic carboxylic acids is 1. The molecule has 4 aromatic rings. The first-order chi connectivity index (χ1) is 21.8. The first-order valence-electron chi connectivity index (χ1n) is 15.2. The quantitative estimate of drug-likeness (QED) is 0.130. The number of hydrogen-bond donors (Lipinski definition) is 3. The highest BCUT2D eigenvalue weighted by Crippen LogP contribution is 2.33. The van der Waals surface area contributed by atoms with Crippen LogP contribution >= 0.6 is 0 Å². The van der Waals surface area contributed by atoms with Crippen molar-refractivity contribution in [3.63, 3.8) is 0 Å². The Labute approximate surface area is 262 Å². The van der Waals surface area contributed by atoms with Crippen LogP contribution in [0.5, 0.6) is 0 Å². The lowest BCUT2D eigenvalue weighted by Crippen LogP contribution is -2.36. The highest BCUT2D eigenvalue weighted by atomic mass is 16.4. The van der Waals surface area contributed by atoms with Crippen LogP contribution in [0.2, 0.25) is 0 Å². The number of aliphatic hydroxyl groups is 1. The van der Waals surface area contributed by atoms with Gasteiger partial charge in [-0.15, -0.1) is 0 Å². The molecule has 1 amide bonds. The summed E-state index contributed by atoms with van der Waals surface area (Å²) in [4.78, 5) is 50.6. The summed E-state index contributed by atoms with van der Waals surface area (Å²) in [5, 5.41) is 20.6. The molecule has 7 nitrogen and oxygen atoms in total. The third-order valence-corrected chi connectivity index (χ3v) is 8.25. The van der Waals surface area contributed by atoms with Gasteiger partial charge in [0.2, 0.25) is 0 Å². The molecule has 0 radical (unpaired) electrons. The molecule has 0 bridgehead atoms. The van der Waals surface area contributed by atoms with Crippen molar-refractivity contribution >= 4 is 29.0 Å². The molecular weight excluding hydrogens is 566 g/mol. The van der Waals surface area contributed by atoms with Crippen LogP contribution in [0.4, 0.5) is 0 Å². The summed E-state index contributed by atoms with van der Waals surface area (Å²) in [7, 11) is 0. The predicted octanol–water partition coefficient (Wildman–Crippen LogP) is 6.73. The first kappa shape index (κ1) is 31.3. The van der Waals surface area contributed by atoms with Crippen molar-refractivity contribution in [2.45, 2.75) is 44.1 Å². The summed E-state index contributed by atoms with van der Waals surface area (Å²) in [6, 6.07) is 30.9. The Morgan fingerprint density at radius 1 is 0.689 bits per heavy atom. The lowest BCUT2D eigenvalue weighted by molar-refractivity contribution is -0.146. The number of allylic oxidation sites excluding steroid dienone is 2. The second-order valence-corrected chi connectivity index (χ2v) is 11.3. The van der Waals surface area contributed by atoms with Crippen molar-refractivity contribution < 1.29 is 29.4 Å². The molecule has 5 rings (SSSR count). The molecule has 0 aromatic heterocycles. The van der Waals surface area contributed by atoms with Gasteiger partial charge in [0.25, 0.3) is 5.91 Å². The molecule has 0 saturated heterocycles. The van der Waals surface area contributed by atoms with Gasteiger partial charge in [0.15, 0.2) is 17.7 Å². The number of carbonyl (C=O) groups is 4. The largest absolute Gasteiger partial charge is 0.479 e. The topological polar surface area (TPSA) is 121 Å². The van der Waals surface area contributed by atoms with Crippen LogP contribution in [-0.2, 0) is 4.79 Å². The van der Waals surface area contributed by atoms with Crippen LogP contribution in [0.15, 0.2) is 109 Å². The maximum atomic E-state index is 13.9. The van der Waals surface area contributed by atoms with Crippen molar-refractivity contribution in [1.82, 2.24) is 5.32 Å². The highest BCUT2D eigenvalue weighted by Gasteiger charge is 2.20. The zero-order chi connectivity index (χ0) is 31.8. The number of amides is 1. The number of hydrogen-bond acceptors (Lipinski definition) is 5. The van der Waals surface area contributed by atoms with E-state index in [1.165, 1.54) is 55.2 Å². The minimum atomic E-state index is -1.72. The van der Waals surface area contributed by atoms with Crippen LogP contribution in [-0.4, -0.2) is 46.3 Å². The van der Waals surface area contributed by atoms with E-state index in [-0.39, 0.29) is 28.3 Å². The van der Waals surface area contributed by atoms with E-state index >= 15 is 0 Å². The average Bonchev–Trinajstić information content (AvgIpc) is 3.10. The Bertz CT molecular complexity index is 1680. The number of rotatable bonds is 11. The smallest absolute Gasteiger partial charge is 0.334 e. The fourth-order valence-corrected chi connectivity index (χ4v) is 5.63. The molecule has 7 heteroatoms. The van der Waals surface area contributed by atoms with Gasteiger partial charge in [0, 0.05) is 22.3 Å². The van der Waals surface area contributed by atoms with E-state index in [0.29, 0.717) is 17.0 Å². The second-order valence-electron chi connectivity index (χ2n) is 11.3. The Balaban J connectivity index is 1.41. The minimum absolute atomic E-state index is 0.195. The summed E-state index contributed by atoms with van der Waals surface area (Å²) in [5.41, 5.74) is 5.05. The fourth-order valence-electron chi connectivity index (χ4n) is 5.63. The molecule has 4 aromatic carbocycles. The van der Waals surface area contributed by atoms with Gasteiger partial charge in [-0.3, -0.25) is 14.4 Å². The van der Waals surface area contributed by atoms with E-state index in [1.54, 1.807) is 12.1 Å². The monoisotopic (exact) mass is 601 g/mol. The number of carboxylic acids is 1. The molecule has 1 atom stereocenters. The number of nitrogens with one attached hydrogen (secondary N) is 1. The van der Waals surface area contributed by atoms with Crippen LogP contribution < -0.4 is 5.32 Å². The van der Waals surface area contributed by atoms with Gasteiger partial charge in [-0.1, -0.05) is 110 Å². The number of benzene rings is 4. The fraction of sp³-hybridized carbons (Fsp3) is 0.211. The summed E-state index contributed by atoms with van der Waals surface area (Å²) in [5.74, 6) is -2.21. The average molecular weight is 602 g/mol.